The van der Waals surface area contributed by atoms with E-state index in [0.717, 1.165) is 49.4 Å². The summed E-state index contributed by atoms with van der Waals surface area (Å²) in [6, 6.07) is 36.1. The Morgan fingerprint density at radius 3 is 1.75 bits per heavy atom. The maximum absolute atomic E-state index is 6.28. The first-order valence-corrected chi connectivity index (χ1v) is 12.0. The Morgan fingerprint density at radius 2 is 1.08 bits per heavy atom. The van der Waals surface area contributed by atoms with Crippen LogP contribution < -0.4 is 0 Å². The highest BCUT2D eigenvalue weighted by atomic mass is 35.5. The molecular formula is C31H18ClN3O. The molecule has 0 aliphatic heterocycles. The van der Waals surface area contributed by atoms with E-state index in [9.17, 15) is 0 Å². The minimum atomic E-state index is 0.597. The fourth-order valence-corrected chi connectivity index (χ4v) is 4.89. The second kappa shape index (κ2) is 8.29. The van der Waals surface area contributed by atoms with E-state index >= 15 is 0 Å². The van der Waals surface area contributed by atoms with Gasteiger partial charge in [0.1, 0.15) is 11.2 Å². The van der Waals surface area contributed by atoms with Crippen LogP contribution in [0.5, 0.6) is 0 Å². The first-order chi connectivity index (χ1) is 17.7. The lowest BCUT2D eigenvalue weighted by molar-refractivity contribution is 0.669. The number of halogens is 1. The zero-order chi connectivity index (χ0) is 24.1. The van der Waals surface area contributed by atoms with Crippen LogP contribution in [0.25, 0.3) is 66.9 Å². The van der Waals surface area contributed by atoms with Crippen molar-refractivity contribution in [2.24, 2.45) is 0 Å². The second-order valence-electron chi connectivity index (χ2n) is 8.62. The smallest absolute Gasteiger partial charge is 0.164 e. The molecule has 7 aromatic rings. The van der Waals surface area contributed by atoms with Gasteiger partial charge in [0.05, 0.1) is 0 Å². The van der Waals surface area contributed by atoms with E-state index in [1.54, 1.807) is 0 Å². The maximum atomic E-state index is 6.28. The van der Waals surface area contributed by atoms with Crippen LogP contribution in [0.3, 0.4) is 0 Å². The standard InChI is InChI=1S/C31H18ClN3O/c32-21-15-16-24-26(17-21)36-27-18-25(22-13-7-8-14-23(22)28(24)27)31-34-29(19-9-3-1-4-10-19)33-30(35-31)20-11-5-2-6-12-20/h1-18H. The van der Waals surface area contributed by atoms with Gasteiger partial charge in [0.2, 0.25) is 0 Å². The van der Waals surface area contributed by atoms with Crippen molar-refractivity contribution in [2.45, 2.75) is 0 Å². The number of rotatable bonds is 3. The number of fused-ring (bicyclic) bond motifs is 5. The van der Waals surface area contributed by atoms with E-state index in [-0.39, 0.29) is 0 Å². The summed E-state index contributed by atoms with van der Waals surface area (Å²) >= 11 is 6.26. The van der Waals surface area contributed by atoms with E-state index in [4.69, 9.17) is 31.0 Å². The molecule has 0 unspecified atom stereocenters. The normalized spacial score (nSPS) is 11.5. The molecule has 0 fully saturated rings. The van der Waals surface area contributed by atoms with Crippen LogP contribution in [0.1, 0.15) is 0 Å². The lowest BCUT2D eigenvalue weighted by Gasteiger charge is -2.11. The van der Waals surface area contributed by atoms with E-state index in [0.29, 0.717) is 22.5 Å². The average molecular weight is 484 g/mol. The van der Waals surface area contributed by atoms with Gasteiger partial charge in [-0.05, 0) is 29.0 Å². The number of nitrogens with zero attached hydrogens (tertiary/aromatic N) is 3. The minimum Gasteiger partial charge on any atom is -0.456 e. The molecule has 0 saturated carbocycles. The molecule has 0 aliphatic carbocycles. The predicted molar refractivity (Wildman–Crippen MR) is 146 cm³/mol. The van der Waals surface area contributed by atoms with Crippen LogP contribution in [0.15, 0.2) is 114 Å². The zero-order valence-corrected chi connectivity index (χ0v) is 19.8. The molecule has 5 heteroatoms. The molecule has 170 valence electrons. The van der Waals surface area contributed by atoms with Crippen LogP contribution >= 0.6 is 11.6 Å². The molecule has 0 spiro atoms. The van der Waals surface area contributed by atoms with Gasteiger partial charge in [0.15, 0.2) is 17.5 Å². The van der Waals surface area contributed by atoms with Gasteiger partial charge in [0, 0.05) is 38.6 Å². The lowest BCUT2D eigenvalue weighted by Crippen LogP contribution is -2.00. The van der Waals surface area contributed by atoms with Gasteiger partial charge in [-0.2, -0.15) is 0 Å². The molecular weight excluding hydrogens is 466 g/mol. The fourth-order valence-electron chi connectivity index (χ4n) is 4.73. The molecule has 2 aromatic heterocycles. The summed E-state index contributed by atoms with van der Waals surface area (Å²) in [6.45, 7) is 0. The molecule has 7 rings (SSSR count). The summed E-state index contributed by atoms with van der Waals surface area (Å²) in [5.74, 6) is 1.85. The molecule has 0 bridgehead atoms. The molecule has 0 atom stereocenters. The molecule has 0 amide bonds. The Balaban J connectivity index is 1.56. The van der Waals surface area contributed by atoms with Crippen molar-refractivity contribution >= 4 is 44.3 Å². The number of furan rings is 1. The third kappa shape index (κ3) is 3.43. The van der Waals surface area contributed by atoms with Gasteiger partial charge in [0.25, 0.3) is 0 Å². The molecule has 2 heterocycles. The highest BCUT2D eigenvalue weighted by Crippen LogP contribution is 2.40. The largest absolute Gasteiger partial charge is 0.456 e. The minimum absolute atomic E-state index is 0.597. The van der Waals surface area contributed by atoms with Crippen molar-refractivity contribution in [3.05, 3.63) is 114 Å². The van der Waals surface area contributed by atoms with Crippen molar-refractivity contribution in [1.82, 2.24) is 15.0 Å². The van der Waals surface area contributed by atoms with E-state index in [2.05, 4.69) is 12.1 Å². The van der Waals surface area contributed by atoms with E-state index < -0.39 is 0 Å². The number of hydrogen-bond donors (Lipinski definition) is 0. The highest BCUT2D eigenvalue weighted by Gasteiger charge is 2.18. The number of hydrogen-bond acceptors (Lipinski definition) is 4. The highest BCUT2D eigenvalue weighted by molar-refractivity contribution is 6.32. The summed E-state index contributed by atoms with van der Waals surface area (Å²) in [7, 11) is 0. The third-order valence-electron chi connectivity index (χ3n) is 6.38. The van der Waals surface area contributed by atoms with E-state index in [1.165, 1.54) is 0 Å². The summed E-state index contributed by atoms with van der Waals surface area (Å²) in [5.41, 5.74) is 4.28. The van der Waals surface area contributed by atoms with Gasteiger partial charge >= 0.3 is 0 Å². The van der Waals surface area contributed by atoms with Crippen LogP contribution in [-0.4, -0.2) is 15.0 Å². The Bertz CT molecular complexity index is 1840. The number of aromatic nitrogens is 3. The predicted octanol–water partition coefficient (Wildman–Crippen LogP) is 8.58. The fraction of sp³-hybridized carbons (Fsp3) is 0. The Labute approximate surface area is 211 Å². The van der Waals surface area contributed by atoms with Gasteiger partial charge in [-0.1, -0.05) is 96.5 Å². The molecule has 36 heavy (non-hydrogen) atoms. The molecule has 0 aliphatic rings. The second-order valence-corrected chi connectivity index (χ2v) is 9.06. The summed E-state index contributed by atoms with van der Waals surface area (Å²) < 4.78 is 6.28. The lowest BCUT2D eigenvalue weighted by atomic mass is 9.98. The summed E-state index contributed by atoms with van der Waals surface area (Å²) in [5, 5.41) is 4.86. The van der Waals surface area contributed by atoms with Crippen molar-refractivity contribution in [3.8, 4) is 34.2 Å². The molecule has 0 N–H and O–H groups in total. The summed E-state index contributed by atoms with van der Waals surface area (Å²) in [4.78, 5) is 14.7. The molecule has 4 nitrogen and oxygen atoms in total. The van der Waals surface area contributed by atoms with E-state index in [1.807, 2.05) is 97.1 Å². The molecule has 0 radical (unpaired) electrons. The van der Waals surface area contributed by atoms with Crippen LogP contribution in [-0.2, 0) is 0 Å². The van der Waals surface area contributed by atoms with Crippen LogP contribution in [0, 0.1) is 0 Å². The van der Waals surface area contributed by atoms with Crippen molar-refractivity contribution in [2.75, 3.05) is 0 Å². The van der Waals surface area contributed by atoms with Crippen molar-refractivity contribution in [1.29, 1.82) is 0 Å². The van der Waals surface area contributed by atoms with Gasteiger partial charge in [-0.25, -0.2) is 15.0 Å². The maximum Gasteiger partial charge on any atom is 0.164 e. The van der Waals surface area contributed by atoms with Crippen molar-refractivity contribution < 1.29 is 4.42 Å². The topological polar surface area (TPSA) is 51.8 Å². The molecule has 0 saturated heterocycles. The van der Waals surface area contributed by atoms with Crippen LogP contribution in [0.4, 0.5) is 0 Å². The van der Waals surface area contributed by atoms with Gasteiger partial charge < -0.3 is 4.42 Å². The zero-order valence-electron chi connectivity index (χ0n) is 19.0. The Kier molecular flexibility index (Phi) is 4.79. The van der Waals surface area contributed by atoms with Crippen molar-refractivity contribution in [3.63, 3.8) is 0 Å². The monoisotopic (exact) mass is 483 g/mol. The summed E-state index contributed by atoms with van der Waals surface area (Å²) in [6.07, 6.45) is 0. The third-order valence-corrected chi connectivity index (χ3v) is 6.62. The van der Waals surface area contributed by atoms with Gasteiger partial charge in [-0.15, -0.1) is 0 Å². The SMILES string of the molecule is Clc1ccc2c(c1)oc1cc(-c3nc(-c4ccccc4)nc(-c4ccccc4)n3)c3ccccc3c12. The first kappa shape index (κ1) is 20.8. The first-order valence-electron chi connectivity index (χ1n) is 11.7. The van der Waals surface area contributed by atoms with Gasteiger partial charge in [-0.3, -0.25) is 0 Å². The average Bonchev–Trinajstić information content (AvgIpc) is 3.31. The Hall–Kier alpha value is -4.54. The molecule has 5 aromatic carbocycles. The van der Waals surface area contributed by atoms with Crippen LogP contribution in [0.2, 0.25) is 5.02 Å². The quantitative estimate of drug-likeness (QED) is 0.252. The Morgan fingerprint density at radius 1 is 0.500 bits per heavy atom. The number of benzene rings is 5.